The van der Waals surface area contributed by atoms with E-state index >= 15 is 0 Å². The first-order valence-electron chi connectivity index (χ1n) is 6.67. The van der Waals surface area contributed by atoms with Crippen LogP contribution in [0.3, 0.4) is 0 Å². The van der Waals surface area contributed by atoms with Gasteiger partial charge in [0.15, 0.2) is 0 Å². The van der Waals surface area contributed by atoms with Crippen molar-refractivity contribution in [2.24, 2.45) is 0 Å². The summed E-state index contributed by atoms with van der Waals surface area (Å²) in [5.41, 5.74) is 1.71. The van der Waals surface area contributed by atoms with Crippen molar-refractivity contribution in [3.8, 4) is 35.2 Å². The number of hydrogen-bond acceptors (Lipinski definition) is 4. The molecular formula is C18H12N4O. The lowest BCUT2D eigenvalue weighted by Crippen LogP contribution is -1.90. The number of hydrogen-bond donors (Lipinski definition) is 0. The van der Waals surface area contributed by atoms with Gasteiger partial charge in [-0.2, -0.15) is 15.8 Å². The van der Waals surface area contributed by atoms with Crippen LogP contribution in [0.2, 0.25) is 0 Å². The maximum atomic E-state index is 9.05. The van der Waals surface area contributed by atoms with Crippen LogP contribution in [-0.2, 0) is 0 Å². The topological polar surface area (TPSA) is 85.5 Å². The van der Waals surface area contributed by atoms with Crippen LogP contribution in [0.25, 0.3) is 17.5 Å². The molecule has 5 nitrogen and oxygen atoms in total. The summed E-state index contributed by atoms with van der Waals surface area (Å²) in [4.78, 5) is 0. The summed E-state index contributed by atoms with van der Waals surface area (Å²) in [7, 11) is 1.61. The van der Waals surface area contributed by atoms with Gasteiger partial charge in [-0.25, -0.2) is 0 Å². The second kappa shape index (κ2) is 7.31. The lowest BCUT2D eigenvalue weighted by atomic mass is 10.1. The first-order chi connectivity index (χ1) is 11.2. The third-order valence-electron chi connectivity index (χ3n) is 3.18. The van der Waals surface area contributed by atoms with E-state index in [-0.39, 0.29) is 11.1 Å². The molecule has 1 aromatic carbocycles. The quantitative estimate of drug-likeness (QED) is 0.638. The summed E-state index contributed by atoms with van der Waals surface area (Å²) >= 11 is 0. The fraction of sp³-hybridized carbons (Fsp3) is 0.0556. The van der Waals surface area contributed by atoms with E-state index in [1.807, 2.05) is 53.2 Å². The fourth-order valence-corrected chi connectivity index (χ4v) is 2.01. The molecule has 1 aromatic heterocycles. The Bertz CT molecular complexity index is 865. The van der Waals surface area contributed by atoms with Crippen LogP contribution in [0.15, 0.2) is 59.8 Å². The predicted octanol–water partition coefficient (Wildman–Crippen LogP) is 3.50. The van der Waals surface area contributed by atoms with E-state index in [1.165, 1.54) is 6.08 Å². The van der Waals surface area contributed by atoms with Crippen LogP contribution in [0.4, 0.5) is 0 Å². The van der Waals surface area contributed by atoms with E-state index < -0.39 is 0 Å². The van der Waals surface area contributed by atoms with Crippen LogP contribution in [-0.4, -0.2) is 11.7 Å². The third-order valence-corrected chi connectivity index (χ3v) is 3.18. The average molecular weight is 300 g/mol. The molecule has 0 aliphatic carbocycles. The molecule has 23 heavy (non-hydrogen) atoms. The van der Waals surface area contributed by atoms with Gasteiger partial charge in [0.25, 0.3) is 0 Å². The molecular weight excluding hydrogens is 288 g/mol. The van der Waals surface area contributed by atoms with Crippen molar-refractivity contribution < 1.29 is 4.74 Å². The second-order valence-corrected chi connectivity index (χ2v) is 4.47. The summed E-state index contributed by atoms with van der Waals surface area (Å²) in [6.45, 7) is 0. The predicted molar refractivity (Wildman–Crippen MR) is 85.6 cm³/mol. The first-order valence-corrected chi connectivity index (χ1v) is 6.67. The molecule has 0 saturated carbocycles. The number of benzene rings is 1. The molecule has 2 aromatic rings. The van der Waals surface area contributed by atoms with Crippen molar-refractivity contribution in [3.05, 3.63) is 59.8 Å². The molecule has 0 bridgehead atoms. The molecule has 0 spiro atoms. The monoisotopic (exact) mass is 300 g/mol. The lowest BCUT2D eigenvalue weighted by Gasteiger charge is -2.06. The normalized spacial score (nSPS) is 9.65. The van der Waals surface area contributed by atoms with Crippen molar-refractivity contribution in [3.63, 3.8) is 0 Å². The van der Waals surface area contributed by atoms with Gasteiger partial charge in [-0.15, -0.1) is 0 Å². The maximum Gasteiger partial charge on any atom is 0.147 e. The van der Waals surface area contributed by atoms with Crippen molar-refractivity contribution in [1.29, 1.82) is 15.8 Å². The molecule has 1 heterocycles. The number of rotatable bonds is 4. The minimum atomic E-state index is -0.207. The zero-order valence-electron chi connectivity index (χ0n) is 12.4. The van der Waals surface area contributed by atoms with Gasteiger partial charge in [0.2, 0.25) is 0 Å². The number of ether oxygens (including phenoxy) is 1. The van der Waals surface area contributed by atoms with E-state index in [9.17, 15) is 0 Å². The number of nitrogens with zero attached hydrogens (tertiary/aromatic N) is 4. The highest BCUT2D eigenvalue weighted by molar-refractivity contribution is 5.65. The highest BCUT2D eigenvalue weighted by Crippen LogP contribution is 2.23. The Labute approximate surface area is 134 Å². The Morgan fingerprint density at radius 2 is 1.74 bits per heavy atom. The molecule has 0 saturated heterocycles. The van der Waals surface area contributed by atoms with Gasteiger partial charge in [-0.1, -0.05) is 0 Å². The lowest BCUT2D eigenvalue weighted by molar-refractivity contribution is 0.415. The van der Waals surface area contributed by atoms with Crippen molar-refractivity contribution in [1.82, 2.24) is 4.57 Å². The van der Waals surface area contributed by atoms with E-state index in [0.717, 1.165) is 17.0 Å². The molecule has 0 N–H and O–H groups in total. The van der Waals surface area contributed by atoms with Gasteiger partial charge in [-0.05, 0) is 48.0 Å². The first kappa shape index (κ1) is 15.6. The summed E-state index contributed by atoms with van der Waals surface area (Å²) in [5, 5.41) is 26.7. The number of methoxy groups -OCH3 is 1. The number of nitriles is 3. The third kappa shape index (κ3) is 3.47. The zero-order valence-corrected chi connectivity index (χ0v) is 12.4. The van der Waals surface area contributed by atoms with E-state index in [4.69, 9.17) is 20.5 Å². The number of aromatic nitrogens is 1. The van der Waals surface area contributed by atoms with Gasteiger partial charge in [0.1, 0.15) is 29.5 Å². The molecule has 0 aliphatic heterocycles. The molecule has 110 valence electrons. The molecule has 0 aliphatic rings. The second-order valence-electron chi connectivity index (χ2n) is 4.47. The molecule has 0 unspecified atom stereocenters. The van der Waals surface area contributed by atoms with Crippen LogP contribution in [0.5, 0.6) is 5.75 Å². The standard InChI is InChI=1S/C18H12N4O/c1-23-17-6-4-14(5-7-17)18-3-2-9-22(18)10-8-15(11-19)16(12-20)13-21/h2-10H,1H3/b10-8+. The molecule has 0 radical (unpaired) electrons. The zero-order chi connectivity index (χ0) is 16.7. The van der Waals surface area contributed by atoms with Crippen molar-refractivity contribution >= 4 is 6.20 Å². The van der Waals surface area contributed by atoms with Crippen LogP contribution in [0, 0.1) is 34.0 Å². The van der Waals surface area contributed by atoms with Gasteiger partial charge in [0, 0.05) is 12.4 Å². The summed E-state index contributed by atoms with van der Waals surface area (Å²) in [6, 6.07) is 16.7. The summed E-state index contributed by atoms with van der Waals surface area (Å²) < 4.78 is 6.95. The largest absolute Gasteiger partial charge is 0.497 e. The van der Waals surface area contributed by atoms with E-state index in [2.05, 4.69) is 0 Å². The van der Waals surface area contributed by atoms with Crippen LogP contribution >= 0.6 is 0 Å². The van der Waals surface area contributed by atoms with Crippen molar-refractivity contribution in [2.45, 2.75) is 0 Å². The Hall–Kier alpha value is -3.75. The Balaban J connectivity index is 2.37. The van der Waals surface area contributed by atoms with Crippen LogP contribution < -0.4 is 4.74 Å². The van der Waals surface area contributed by atoms with Crippen molar-refractivity contribution in [2.75, 3.05) is 7.11 Å². The minimum absolute atomic E-state index is 0.0318. The van der Waals surface area contributed by atoms with E-state index in [1.54, 1.807) is 25.4 Å². The van der Waals surface area contributed by atoms with Gasteiger partial charge < -0.3 is 9.30 Å². The summed E-state index contributed by atoms with van der Waals surface area (Å²) in [6.07, 6.45) is 4.92. The Kier molecular flexibility index (Phi) is 4.97. The number of allylic oxidation sites excluding steroid dienone is 3. The Morgan fingerprint density at radius 1 is 1.04 bits per heavy atom. The van der Waals surface area contributed by atoms with Gasteiger partial charge in [-0.3, -0.25) is 0 Å². The van der Waals surface area contributed by atoms with Gasteiger partial charge in [0.05, 0.1) is 18.4 Å². The van der Waals surface area contributed by atoms with E-state index in [0.29, 0.717) is 0 Å². The SMILES string of the molecule is COc1ccc(-c2cccn2/C=C/C(C#N)=C(C#N)C#N)cc1. The average Bonchev–Trinajstić information content (AvgIpc) is 3.07. The molecule has 0 atom stereocenters. The summed E-state index contributed by atoms with van der Waals surface area (Å²) in [5.74, 6) is 0.768. The smallest absolute Gasteiger partial charge is 0.147 e. The van der Waals surface area contributed by atoms with Crippen LogP contribution in [0.1, 0.15) is 0 Å². The molecule has 2 rings (SSSR count). The Morgan fingerprint density at radius 3 is 2.30 bits per heavy atom. The fourth-order valence-electron chi connectivity index (χ4n) is 2.01. The highest BCUT2D eigenvalue weighted by Gasteiger charge is 2.04. The molecule has 0 amide bonds. The molecule has 0 fully saturated rings. The highest BCUT2D eigenvalue weighted by atomic mass is 16.5. The maximum absolute atomic E-state index is 9.05. The van der Waals surface area contributed by atoms with Gasteiger partial charge >= 0.3 is 0 Å². The minimum Gasteiger partial charge on any atom is -0.497 e. The molecule has 5 heteroatoms.